The first-order chi connectivity index (χ1) is 15.2. The number of thioether (sulfide) groups is 1. The summed E-state index contributed by atoms with van der Waals surface area (Å²) in [7, 11) is 0. The van der Waals surface area contributed by atoms with Gasteiger partial charge in [0.1, 0.15) is 17.4 Å². The monoisotopic (exact) mass is 428 g/mol. The van der Waals surface area contributed by atoms with Gasteiger partial charge in [-0.05, 0) is 30.7 Å². The second-order valence-corrected chi connectivity index (χ2v) is 8.04. The summed E-state index contributed by atoms with van der Waals surface area (Å²) in [6.45, 7) is 2.58. The number of nitrogen functional groups attached to an aromatic ring is 1. The molecule has 0 atom stereocenters. The Morgan fingerprint density at radius 3 is 2.58 bits per heavy atom. The number of hydrogen-bond donors (Lipinski definition) is 1. The van der Waals surface area contributed by atoms with Crippen molar-refractivity contribution in [2.24, 2.45) is 0 Å². The van der Waals surface area contributed by atoms with Gasteiger partial charge in [0.05, 0.1) is 29.6 Å². The van der Waals surface area contributed by atoms with Gasteiger partial charge in [0, 0.05) is 5.39 Å². The minimum Gasteiger partial charge on any atom is -0.469 e. The largest absolute Gasteiger partial charge is 0.469 e. The van der Waals surface area contributed by atoms with Gasteiger partial charge in [-0.3, -0.25) is 4.57 Å². The molecule has 7 nitrogen and oxygen atoms in total. The molecule has 154 valence electrons. The highest BCUT2D eigenvalue weighted by molar-refractivity contribution is 7.98. The Bertz CT molecular complexity index is 1340. The van der Waals surface area contributed by atoms with Gasteiger partial charge in [-0.15, -0.1) is 10.2 Å². The number of benzene rings is 2. The molecule has 0 unspecified atom stereocenters. The second-order valence-electron chi connectivity index (χ2n) is 7.10. The Morgan fingerprint density at radius 1 is 0.968 bits per heavy atom. The lowest BCUT2D eigenvalue weighted by atomic mass is 10.2. The molecule has 0 radical (unpaired) electrons. The van der Waals surface area contributed by atoms with Crippen molar-refractivity contribution in [2.75, 3.05) is 5.73 Å². The van der Waals surface area contributed by atoms with Crippen molar-refractivity contribution >= 4 is 28.5 Å². The summed E-state index contributed by atoms with van der Waals surface area (Å²) in [6.07, 6.45) is 1.67. The van der Waals surface area contributed by atoms with Crippen LogP contribution in [0.3, 0.4) is 0 Å². The van der Waals surface area contributed by atoms with E-state index >= 15 is 0 Å². The Balaban J connectivity index is 1.47. The first-order valence-corrected chi connectivity index (χ1v) is 10.8. The van der Waals surface area contributed by atoms with Gasteiger partial charge in [0.15, 0.2) is 11.0 Å². The molecule has 0 saturated carbocycles. The number of fused-ring (bicyclic) bond motifs is 1. The van der Waals surface area contributed by atoms with Gasteiger partial charge >= 0.3 is 0 Å². The van der Waals surface area contributed by atoms with E-state index in [1.807, 2.05) is 55.5 Å². The molecular weight excluding hydrogens is 408 g/mol. The number of nitrogens with two attached hydrogens (primary N) is 1. The van der Waals surface area contributed by atoms with Gasteiger partial charge in [0.2, 0.25) is 0 Å². The number of anilines is 1. The predicted octanol–water partition coefficient (Wildman–Crippen LogP) is 4.71. The van der Waals surface area contributed by atoms with E-state index in [1.54, 1.807) is 6.26 Å². The van der Waals surface area contributed by atoms with Crippen LogP contribution in [-0.4, -0.2) is 24.7 Å². The molecule has 31 heavy (non-hydrogen) atoms. The Labute approximate surface area is 183 Å². The van der Waals surface area contributed by atoms with Crippen LogP contribution in [0.1, 0.15) is 17.1 Å². The second kappa shape index (κ2) is 8.23. The molecule has 5 rings (SSSR count). The van der Waals surface area contributed by atoms with Crippen LogP contribution in [0.2, 0.25) is 0 Å². The number of hydrogen-bond acceptors (Lipinski definition) is 7. The number of aromatic nitrogens is 5. The molecule has 0 aliphatic rings. The summed E-state index contributed by atoms with van der Waals surface area (Å²) in [5.74, 6) is 3.27. The van der Waals surface area contributed by atoms with Gasteiger partial charge in [-0.2, -0.15) is 0 Å². The van der Waals surface area contributed by atoms with Crippen molar-refractivity contribution in [3.63, 3.8) is 0 Å². The van der Waals surface area contributed by atoms with Crippen LogP contribution >= 0.6 is 11.8 Å². The molecule has 3 aromatic heterocycles. The molecule has 5 aromatic rings. The molecule has 2 N–H and O–H groups in total. The van der Waals surface area contributed by atoms with E-state index in [0.29, 0.717) is 23.9 Å². The summed E-state index contributed by atoms with van der Waals surface area (Å²) in [4.78, 5) is 9.13. The number of furan rings is 1. The van der Waals surface area contributed by atoms with Crippen molar-refractivity contribution in [1.82, 2.24) is 24.7 Å². The molecule has 0 aliphatic carbocycles. The fourth-order valence-electron chi connectivity index (χ4n) is 3.46. The highest BCUT2D eigenvalue weighted by Crippen LogP contribution is 2.29. The minimum absolute atomic E-state index is 0.488. The zero-order valence-corrected chi connectivity index (χ0v) is 17.7. The van der Waals surface area contributed by atoms with Crippen molar-refractivity contribution in [3.8, 4) is 11.4 Å². The van der Waals surface area contributed by atoms with E-state index in [0.717, 1.165) is 38.8 Å². The van der Waals surface area contributed by atoms with E-state index < -0.39 is 0 Å². The number of rotatable bonds is 6. The van der Waals surface area contributed by atoms with Crippen molar-refractivity contribution in [1.29, 1.82) is 0 Å². The van der Waals surface area contributed by atoms with Crippen LogP contribution in [0, 0.1) is 6.92 Å². The van der Waals surface area contributed by atoms with Crippen LogP contribution in [-0.2, 0) is 12.3 Å². The molecule has 3 heterocycles. The molecule has 0 spiro atoms. The summed E-state index contributed by atoms with van der Waals surface area (Å²) < 4.78 is 7.59. The Kier molecular flexibility index (Phi) is 5.13. The normalized spacial score (nSPS) is 11.3. The summed E-state index contributed by atoms with van der Waals surface area (Å²) in [5.41, 5.74) is 9.07. The lowest BCUT2D eigenvalue weighted by molar-refractivity contribution is 0.534. The van der Waals surface area contributed by atoms with E-state index in [1.165, 1.54) is 11.8 Å². The molecule has 0 amide bonds. The van der Waals surface area contributed by atoms with Gasteiger partial charge in [-0.1, -0.05) is 54.2 Å². The lowest BCUT2D eigenvalue weighted by Gasteiger charge is -2.10. The lowest BCUT2D eigenvalue weighted by Crippen LogP contribution is -2.05. The average Bonchev–Trinajstić information content (AvgIpc) is 3.38. The molecule has 0 aliphatic heterocycles. The number of nitrogens with zero attached hydrogens (tertiary/aromatic N) is 5. The third-order valence-corrected chi connectivity index (χ3v) is 5.97. The zero-order chi connectivity index (χ0) is 21.2. The maximum atomic E-state index is 6.14. The number of aryl methyl sites for hydroxylation is 1. The highest BCUT2D eigenvalue weighted by atomic mass is 32.2. The van der Waals surface area contributed by atoms with Crippen molar-refractivity contribution < 1.29 is 4.42 Å². The smallest absolute Gasteiger partial charge is 0.192 e. The molecule has 8 heteroatoms. The van der Waals surface area contributed by atoms with Crippen molar-refractivity contribution in [3.05, 3.63) is 84.1 Å². The molecule has 0 saturated heterocycles. The van der Waals surface area contributed by atoms with Crippen LogP contribution in [0.25, 0.3) is 22.3 Å². The first-order valence-electron chi connectivity index (χ1n) is 9.84. The fourth-order valence-corrected chi connectivity index (χ4v) is 4.26. The third kappa shape index (κ3) is 3.89. The maximum absolute atomic E-state index is 6.14. The fraction of sp³-hybridized carbons (Fsp3) is 0.130. The quantitative estimate of drug-likeness (QED) is 0.391. The predicted molar refractivity (Wildman–Crippen MR) is 122 cm³/mol. The Hall–Kier alpha value is -3.65. The van der Waals surface area contributed by atoms with Crippen LogP contribution in [0.4, 0.5) is 5.82 Å². The molecule has 0 bridgehead atoms. The van der Waals surface area contributed by atoms with Gasteiger partial charge in [0.25, 0.3) is 0 Å². The summed E-state index contributed by atoms with van der Waals surface area (Å²) in [6, 6.07) is 19.9. The van der Waals surface area contributed by atoms with E-state index in [4.69, 9.17) is 10.2 Å². The summed E-state index contributed by atoms with van der Waals surface area (Å²) in [5, 5.41) is 10.6. The minimum atomic E-state index is 0.488. The van der Waals surface area contributed by atoms with Gasteiger partial charge < -0.3 is 10.2 Å². The Morgan fingerprint density at radius 2 is 1.77 bits per heavy atom. The maximum Gasteiger partial charge on any atom is 0.192 e. The van der Waals surface area contributed by atoms with Crippen molar-refractivity contribution in [2.45, 2.75) is 24.4 Å². The molecule has 0 fully saturated rings. The number of para-hydroxylation sites is 1. The SMILES string of the molecule is Cc1occc1-c1nnc(SCc2nc(N)c3ccccc3n2)n1Cc1ccccc1. The van der Waals surface area contributed by atoms with E-state index in [2.05, 4.69) is 36.9 Å². The standard InChI is InChI=1S/C23H20N6OS/c1-15-17(11-12-30-15)22-27-28-23(29(22)13-16-7-3-2-4-8-16)31-14-20-25-19-10-6-5-9-18(19)21(24)26-20/h2-12H,13-14H2,1H3,(H2,24,25,26). The van der Waals surface area contributed by atoms with Crippen LogP contribution in [0.15, 0.2) is 76.5 Å². The zero-order valence-electron chi connectivity index (χ0n) is 16.9. The highest BCUT2D eigenvalue weighted by Gasteiger charge is 2.18. The first kappa shape index (κ1) is 19.3. The molecular formula is C23H20N6OS. The average molecular weight is 429 g/mol. The van der Waals surface area contributed by atoms with Crippen LogP contribution < -0.4 is 5.73 Å². The van der Waals surface area contributed by atoms with E-state index in [-0.39, 0.29) is 0 Å². The summed E-state index contributed by atoms with van der Waals surface area (Å²) >= 11 is 1.54. The third-order valence-electron chi connectivity index (χ3n) is 5.01. The van der Waals surface area contributed by atoms with E-state index in [9.17, 15) is 0 Å². The van der Waals surface area contributed by atoms with Crippen LogP contribution in [0.5, 0.6) is 0 Å². The molecule has 2 aromatic carbocycles. The topological polar surface area (TPSA) is 95.7 Å². The van der Waals surface area contributed by atoms with Gasteiger partial charge in [-0.25, -0.2) is 9.97 Å².